The van der Waals surface area contributed by atoms with Gasteiger partial charge in [0.05, 0.1) is 13.7 Å². The molecule has 0 bridgehead atoms. The van der Waals surface area contributed by atoms with Gasteiger partial charge >= 0.3 is 5.97 Å². The minimum absolute atomic E-state index is 0.00700. The van der Waals surface area contributed by atoms with Crippen LogP contribution in [0.3, 0.4) is 0 Å². The van der Waals surface area contributed by atoms with Gasteiger partial charge in [0, 0.05) is 24.5 Å². The first-order valence-electron chi connectivity index (χ1n) is 11.6. The highest BCUT2D eigenvalue weighted by molar-refractivity contribution is 5.89. The van der Waals surface area contributed by atoms with Crippen LogP contribution in [-0.4, -0.2) is 50.7 Å². The minimum Gasteiger partial charge on any atom is -0.467 e. The zero-order valence-corrected chi connectivity index (χ0v) is 19.1. The molecule has 4 aliphatic rings. The van der Waals surface area contributed by atoms with Crippen molar-refractivity contribution in [2.45, 2.75) is 64.5 Å². The summed E-state index contributed by atoms with van der Waals surface area (Å²) in [5, 5.41) is 6.09. The molecule has 1 heterocycles. The standard InChI is InChI=1S/C24H36N2O5/c1-23-11-9-16-14(5-8-19-24(16,2)12-10-20(27)26-19)15(23)6-7-17(23)21(28)25-18(13-30-3)22(29)31-4/h10,12,14-19H,5-9,11,13H2,1-4H3,(H,25,28)(H,26,27)/t14-,15-,16-,17+,18?,19+,23-,24+/m0/s1. The van der Waals surface area contributed by atoms with Crippen molar-refractivity contribution in [2.24, 2.45) is 34.5 Å². The zero-order chi connectivity index (χ0) is 22.4. The second-order valence-corrected chi connectivity index (χ2v) is 10.4. The summed E-state index contributed by atoms with van der Waals surface area (Å²) >= 11 is 0. The van der Waals surface area contributed by atoms with Gasteiger partial charge in [0.25, 0.3) is 0 Å². The second-order valence-electron chi connectivity index (χ2n) is 10.4. The Kier molecular flexibility index (Phi) is 5.92. The van der Waals surface area contributed by atoms with Gasteiger partial charge in [-0.1, -0.05) is 19.9 Å². The van der Waals surface area contributed by atoms with Crippen LogP contribution in [-0.2, 0) is 23.9 Å². The van der Waals surface area contributed by atoms with Crippen molar-refractivity contribution >= 4 is 17.8 Å². The number of fused-ring (bicyclic) bond motifs is 5. The summed E-state index contributed by atoms with van der Waals surface area (Å²) < 4.78 is 9.94. The molecule has 4 rings (SSSR count). The molecule has 31 heavy (non-hydrogen) atoms. The van der Waals surface area contributed by atoms with Crippen LogP contribution in [0.4, 0.5) is 0 Å². The van der Waals surface area contributed by atoms with Crippen molar-refractivity contribution in [3.63, 3.8) is 0 Å². The molecule has 3 fully saturated rings. The van der Waals surface area contributed by atoms with Gasteiger partial charge in [0.1, 0.15) is 0 Å². The molecule has 2 N–H and O–H groups in total. The van der Waals surface area contributed by atoms with E-state index in [0.717, 1.165) is 38.5 Å². The first-order chi connectivity index (χ1) is 14.7. The van der Waals surface area contributed by atoms with Gasteiger partial charge in [0.15, 0.2) is 6.04 Å². The zero-order valence-electron chi connectivity index (χ0n) is 19.1. The smallest absolute Gasteiger partial charge is 0.330 e. The summed E-state index contributed by atoms with van der Waals surface area (Å²) in [6.07, 6.45) is 9.91. The molecule has 1 aliphatic heterocycles. The van der Waals surface area contributed by atoms with Crippen molar-refractivity contribution in [1.82, 2.24) is 10.6 Å². The van der Waals surface area contributed by atoms with E-state index in [9.17, 15) is 14.4 Å². The highest BCUT2D eigenvalue weighted by Crippen LogP contribution is 2.65. The van der Waals surface area contributed by atoms with Crippen LogP contribution in [0.1, 0.15) is 52.4 Å². The number of ether oxygens (including phenoxy) is 2. The lowest BCUT2D eigenvalue weighted by atomic mass is 9.48. The monoisotopic (exact) mass is 432 g/mol. The molecule has 7 heteroatoms. The van der Waals surface area contributed by atoms with Gasteiger partial charge in [-0.15, -0.1) is 0 Å². The van der Waals surface area contributed by atoms with Crippen molar-refractivity contribution in [2.75, 3.05) is 20.8 Å². The van der Waals surface area contributed by atoms with Gasteiger partial charge in [0.2, 0.25) is 11.8 Å². The SMILES string of the molecule is COCC(NC(=O)[C@H]1CC[C@H]2[C@@H]3CC[C@H]4NC(=O)C=C[C@]4(C)[C@H]3CC[C@]12C)C(=O)OC. The van der Waals surface area contributed by atoms with Crippen LogP contribution in [0.15, 0.2) is 12.2 Å². The molecule has 0 radical (unpaired) electrons. The van der Waals surface area contributed by atoms with E-state index in [1.807, 2.05) is 0 Å². The lowest BCUT2D eigenvalue weighted by Crippen LogP contribution is -2.59. The number of hydrogen-bond acceptors (Lipinski definition) is 5. The van der Waals surface area contributed by atoms with E-state index in [4.69, 9.17) is 9.47 Å². The number of amides is 2. The van der Waals surface area contributed by atoms with Crippen molar-refractivity contribution in [3.8, 4) is 0 Å². The molecule has 172 valence electrons. The number of methoxy groups -OCH3 is 2. The topological polar surface area (TPSA) is 93.7 Å². The Morgan fingerprint density at radius 1 is 1.16 bits per heavy atom. The van der Waals surface area contributed by atoms with Gasteiger partial charge in [-0.3, -0.25) is 9.59 Å². The van der Waals surface area contributed by atoms with Gasteiger partial charge < -0.3 is 20.1 Å². The number of carbonyl (C=O) groups excluding carboxylic acids is 3. The Labute approximate surface area is 184 Å². The average molecular weight is 433 g/mol. The van der Waals surface area contributed by atoms with E-state index in [0.29, 0.717) is 17.8 Å². The third-order valence-corrected chi connectivity index (χ3v) is 9.14. The Bertz CT molecular complexity index is 782. The van der Waals surface area contributed by atoms with Gasteiger partial charge in [-0.2, -0.15) is 0 Å². The van der Waals surface area contributed by atoms with Crippen LogP contribution in [0.5, 0.6) is 0 Å². The molecule has 0 spiro atoms. The maximum Gasteiger partial charge on any atom is 0.330 e. The molecule has 0 aromatic rings. The third-order valence-electron chi connectivity index (χ3n) is 9.14. The highest BCUT2D eigenvalue weighted by atomic mass is 16.5. The fourth-order valence-electron chi connectivity index (χ4n) is 7.51. The molecule has 3 aliphatic carbocycles. The van der Waals surface area contributed by atoms with E-state index in [-0.39, 0.29) is 41.2 Å². The molecule has 0 aromatic carbocycles. The second kappa shape index (κ2) is 8.23. The van der Waals surface area contributed by atoms with E-state index in [1.165, 1.54) is 14.2 Å². The van der Waals surface area contributed by atoms with Crippen molar-refractivity contribution in [1.29, 1.82) is 0 Å². The summed E-state index contributed by atoms with van der Waals surface area (Å²) in [5.74, 6) is 0.971. The summed E-state index contributed by atoms with van der Waals surface area (Å²) in [5.41, 5.74) is -0.0727. The summed E-state index contributed by atoms with van der Waals surface area (Å²) in [4.78, 5) is 37.2. The summed E-state index contributed by atoms with van der Waals surface area (Å²) in [6, 6.07) is -0.558. The Balaban J connectivity index is 1.52. The van der Waals surface area contributed by atoms with Gasteiger partial charge in [-0.25, -0.2) is 4.79 Å². The molecule has 8 atom stereocenters. The quantitative estimate of drug-likeness (QED) is 0.650. The lowest BCUT2D eigenvalue weighted by Gasteiger charge is -2.58. The van der Waals surface area contributed by atoms with Crippen LogP contribution in [0.2, 0.25) is 0 Å². The number of nitrogens with one attached hydrogen (secondary N) is 2. The predicted octanol–water partition coefficient (Wildman–Crippen LogP) is 2.20. The molecule has 0 aromatic heterocycles. The van der Waals surface area contributed by atoms with Crippen LogP contribution < -0.4 is 10.6 Å². The molecular formula is C24H36N2O5. The maximum atomic E-state index is 13.3. The van der Waals surface area contributed by atoms with Crippen molar-refractivity contribution < 1.29 is 23.9 Å². The number of esters is 1. The van der Waals surface area contributed by atoms with Crippen LogP contribution >= 0.6 is 0 Å². The normalized spacial score (nSPS) is 41.9. The molecule has 0 saturated heterocycles. The first-order valence-corrected chi connectivity index (χ1v) is 11.6. The highest BCUT2D eigenvalue weighted by Gasteiger charge is 2.61. The lowest BCUT2D eigenvalue weighted by molar-refractivity contribution is -0.148. The fourth-order valence-corrected chi connectivity index (χ4v) is 7.51. The van der Waals surface area contributed by atoms with E-state index in [2.05, 4.69) is 30.6 Å². The Morgan fingerprint density at radius 3 is 2.65 bits per heavy atom. The van der Waals surface area contributed by atoms with Gasteiger partial charge in [-0.05, 0) is 67.8 Å². The Morgan fingerprint density at radius 2 is 1.94 bits per heavy atom. The number of carbonyl (C=O) groups is 3. The first kappa shape index (κ1) is 22.3. The molecule has 7 nitrogen and oxygen atoms in total. The summed E-state index contributed by atoms with van der Waals surface area (Å²) in [6.45, 7) is 4.69. The average Bonchev–Trinajstić information content (AvgIpc) is 3.10. The predicted molar refractivity (Wildman–Crippen MR) is 115 cm³/mol. The van der Waals surface area contributed by atoms with E-state index >= 15 is 0 Å². The molecular weight excluding hydrogens is 396 g/mol. The molecule has 1 unspecified atom stereocenters. The largest absolute Gasteiger partial charge is 0.467 e. The fraction of sp³-hybridized carbons (Fsp3) is 0.792. The van der Waals surface area contributed by atoms with E-state index < -0.39 is 12.0 Å². The Hall–Kier alpha value is -1.89. The van der Waals surface area contributed by atoms with Crippen molar-refractivity contribution in [3.05, 3.63) is 12.2 Å². The van der Waals surface area contributed by atoms with E-state index in [1.54, 1.807) is 6.08 Å². The number of rotatable bonds is 5. The van der Waals surface area contributed by atoms with Crippen LogP contribution in [0.25, 0.3) is 0 Å². The molecule has 3 saturated carbocycles. The number of hydrogen-bond donors (Lipinski definition) is 2. The maximum absolute atomic E-state index is 13.3. The third kappa shape index (κ3) is 3.59. The van der Waals surface area contributed by atoms with Crippen LogP contribution in [0, 0.1) is 34.5 Å². The minimum atomic E-state index is -0.771. The summed E-state index contributed by atoms with van der Waals surface area (Å²) in [7, 11) is 2.83. The molecule has 2 amide bonds.